The molecule has 0 aromatic carbocycles. The molecule has 1 N–H and O–H groups in total. The predicted octanol–water partition coefficient (Wildman–Crippen LogP) is 1.03. The van der Waals surface area contributed by atoms with Gasteiger partial charge in [-0.05, 0) is 19.9 Å². The summed E-state index contributed by atoms with van der Waals surface area (Å²) in [6.45, 7) is 3.80. The molecule has 68 valence electrons. The summed E-state index contributed by atoms with van der Waals surface area (Å²) >= 11 is 0. The Morgan fingerprint density at radius 2 is 2.08 bits per heavy atom. The van der Waals surface area contributed by atoms with E-state index in [0.29, 0.717) is 0 Å². The molecule has 0 aromatic rings. The van der Waals surface area contributed by atoms with Gasteiger partial charge in [-0.2, -0.15) is 10.2 Å². The molecule has 0 aliphatic rings. The van der Waals surface area contributed by atoms with Gasteiger partial charge in [-0.1, -0.05) is 6.08 Å². The number of nitrogens with one attached hydrogen (secondary N) is 1. The molecule has 0 saturated carbocycles. The third kappa shape index (κ3) is 3.75. The molecule has 4 heteroatoms. The number of hydrazone groups is 2. The lowest BCUT2D eigenvalue weighted by molar-refractivity contribution is 0.543. The van der Waals surface area contributed by atoms with Crippen molar-refractivity contribution in [1.82, 2.24) is 10.4 Å². The Morgan fingerprint density at radius 3 is 2.50 bits per heavy atom. The van der Waals surface area contributed by atoms with Crippen LogP contribution in [0.3, 0.4) is 0 Å². The Kier molecular flexibility index (Phi) is 5.69. The summed E-state index contributed by atoms with van der Waals surface area (Å²) in [5.41, 5.74) is 2.71. The molecule has 0 bridgehead atoms. The van der Waals surface area contributed by atoms with Gasteiger partial charge in [0.2, 0.25) is 0 Å². The lowest BCUT2D eigenvalue weighted by Gasteiger charge is -2.11. The predicted molar refractivity (Wildman–Crippen MR) is 53.2 cm³/mol. The summed E-state index contributed by atoms with van der Waals surface area (Å²) in [4.78, 5) is 0. The molecule has 0 atom stereocenters. The third-order valence-electron chi connectivity index (χ3n) is 1.16. The first-order chi connectivity index (χ1) is 5.76. The number of hydrogen-bond donors (Lipinski definition) is 1. The van der Waals surface area contributed by atoms with Crippen LogP contribution in [-0.2, 0) is 0 Å². The number of likely N-dealkylation sites (N-methyl/N-ethyl adjacent to an activating group) is 1. The van der Waals surface area contributed by atoms with E-state index in [4.69, 9.17) is 0 Å². The van der Waals surface area contributed by atoms with E-state index in [1.165, 1.54) is 0 Å². The normalized spacial score (nSPS) is 12.8. The van der Waals surface area contributed by atoms with Gasteiger partial charge in [0.05, 0.1) is 0 Å². The maximum atomic E-state index is 4.05. The largest absolute Gasteiger partial charge is 0.311 e. The van der Waals surface area contributed by atoms with Gasteiger partial charge < -0.3 is 5.43 Å². The van der Waals surface area contributed by atoms with Gasteiger partial charge in [-0.25, -0.2) is 5.01 Å². The van der Waals surface area contributed by atoms with Crippen LogP contribution in [0.5, 0.6) is 0 Å². The minimum absolute atomic E-state index is 0.776. The van der Waals surface area contributed by atoms with Crippen LogP contribution in [0.25, 0.3) is 0 Å². The summed E-state index contributed by atoms with van der Waals surface area (Å²) in [6, 6.07) is 0. The van der Waals surface area contributed by atoms with Crippen LogP contribution in [0.4, 0.5) is 0 Å². The Balaban J connectivity index is 4.39. The molecule has 0 aromatic heterocycles. The molecule has 0 radical (unpaired) electrons. The van der Waals surface area contributed by atoms with Crippen LogP contribution in [0.15, 0.2) is 22.4 Å². The Bertz CT molecular complexity index is 193. The monoisotopic (exact) mass is 168 g/mol. The first-order valence-corrected chi connectivity index (χ1v) is 3.85. The third-order valence-corrected chi connectivity index (χ3v) is 1.16. The van der Waals surface area contributed by atoms with Crippen molar-refractivity contribution in [3.63, 3.8) is 0 Å². The van der Waals surface area contributed by atoms with Crippen LogP contribution in [0, 0.1) is 0 Å². The molecule has 0 saturated heterocycles. The SMILES string of the molecule is C/C=C\C(=N\NC)N(C)/N=C\C. The Labute approximate surface area is 73.6 Å². The van der Waals surface area contributed by atoms with Crippen molar-refractivity contribution in [2.24, 2.45) is 10.2 Å². The fraction of sp³-hybridized carbons (Fsp3) is 0.500. The van der Waals surface area contributed by atoms with Crippen LogP contribution < -0.4 is 5.43 Å². The lowest BCUT2D eigenvalue weighted by Crippen LogP contribution is -2.21. The van der Waals surface area contributed by atoms with Gasteiger partial charge in [0, 0.05) is 20.3 Å². The quantitative estimate of drug-likeness (QED) is 0.388. The molecule has 0 rings (SSSR count). The number of amidine groups is 1. The van der Waals surface area contributed by atoms with Gasteiger partial charge in [-0.3, -0.25) is 0 Å². The first kappa shape index (κ1) is 10.7. The molecule has 0 fully saturated rings. The van der Waals surface area contributed by atoms with Gasteiger partial charge in [0.15, 0.2) is 5.84 Å². The second kappa shape index (κ2) is 6.39. The van der Waals surface area contributed by atoms with Crippen LogP contribution in [0.2, 0.25) is 0 Å². The summed E-state index contributed by atoms with van der Waals surface area (Å²) in [7, 11) is 3.60. The zero-order chi connectivity index (χ0) is 9.40. The first-order valence-electron chi connectivity index (χ1n) is 3.85. The van der Waals surface area contributed by atoms with Crippen molar-refractivity contribution in [3.05, 3.63) is 12.2 Å². The smallest absolute Gasteiger partial charge is 0.167 e. The summed E-state index contributed by atoms with van der Waals surface area (Å²) in [5.74, 6) is 0.776. The molecular formula is C8H16N4. The zero-order valence-corrected chi connectivity index (χ0v) is 8.07. The van der Waals surface area contributed by atoms with E-state index in [1.807, 2.05) is 33.0 Å². The standard InChI is InChI=1S/C8H16N4/c1-5-7-8(11-9-3)12(4)10-6-2/h5-7,9H,1-4H3/b7-5-,10-6-,11-8-. The van der Waals surface area contributed by atoms with E-state index in [1.54, 1.807) is 18.3 Å². The Hall–Kier alpha value is -1.32. The molecule has 4 nitrogen and oxygen atoms in total. The molecule has 0 aliphatic carbocycles. The molecular weight excluding hydrogens is 152 g/mol. The van der Waals surface area contributed by atoms with Crippen molar-refractivity contribution in [1.29, 1.82) is 0 Å². The van der Waals surface area contributed by atoms with Gasteiger partial charge in [0.1, 0.15) is 0 Å². The van der Waals surface area contributed by atoms with Gasteiger partial charge in [-0.15, -0.1) is 0 Å². The number of nitrogens with zero attached hydrogens (tertiary/aromatic N) is 3. The molecule has 0 aliphatic heterocycles. The zero-order valence-electron chi connectivity index (χ0n) is 8.07. The van der Waals surface area contributed by atoms with E-state index < -0.39 is 0 Å². The molecule has 0 heterocycles. The van der Waals surface area contributed by atoms with E-state index in [-0.39, 0.29) is 0 Å². The highest BCUT2D eigenvalue weighted by molar-refractivity contribution is 5.92. The van der Waals surface area contributed by atoms with Crippen molar-refractivity contribution in [2.45, 2.75) is 13.8 Å². The molecule has 0 amide bonds. The summed E-state index contributed by atoms with van der Waals surface area (Å²) in [6.07, 6.45) is 5.51. The lowest BCUT2D eigenvalue weighted by atomic mass is 10.5. The van der Waals surface area contributed by atoms with Gasteiger partial charge >= 0.3 is 0 Å². The van der Waals surface area contributed by atoms with Crippen LogP contribution >= 0.6 is 0 Å². The van der Waals surface area contributed by atoms with Crippen molar-refractivity contribution in [3.8, 4) is 0 Å². The average molecular weight is 168 g/mol. The topological polar surface area (TPSA) is 40.0 Å². The molecule has 0 spiro atoms. The van der Waals surface area contributed by atoms with Gasteiger partial charge in [0.25, 0.3) is 0 Å². The van der Waals surface area contributed by atoms with Crippen LogP contribution in [0.1, 0.15) is 13.8 Å². The van der Waals surface area contributed by atoms with E-state index in [9.17, 15) is 0 Å². The van der Waals surface area contributed by atoms with Crippen molar-refractivity contribution >= 4 is 12.1 Å². The second-order valence-electron chi connectivity index (χ2n) is 2.09. The number of rotatable bonds is 3. The van der Waals surface area contributed by atoms with Crippen molar-refractivity contribution in [2.75, 3.05) is 14.1 Å². The average Bonchev–Trinajstić information content (AvgIpc) is 2.04. The minimum atomic E-state index is 0.776. The number of hydrogen-bond acceptors (Lipinski definition) is 3. The maximum absolute atomic E-state index is 4.05. The molecule has 0 unspecified atom stereocenters. The molecule has 12 heavy (non-hydrogen) atoms. The highest BCUT2D eigenvalue weighted by atomic mass is 15.5. The fourth-order valence-corrected chi connectivity index (χ4v) is 0.713. The highest BCUT2D eigenvalue weighted by Gasteiger charge is 1.97. The van der Waals surface area contributed by atoms with Crippen LogP contribution in [-0.4, -0.2) is 31.2 Å². The summed E-state index contributed by atoms with van der Waals surface area (Å²) in [5, 5.41) is 9.76. The fourth-order valence-electron chi connectivity index (χ4n) is 0.713. The maximum Gasteiger partial charge on any atom is 0.167 e. The highest BCUT2D eigenvalue weighted by Crippen LogP contribution is 1.89. The van der Waals surface area contributed by atoms with E-state index in [0.717, 1.165) is 5.84 Å². The number of allylic oxidation sites excluding steroid dienone is 1. The second-order valence-corrected chi connectivity index (χ2v) is 2.09. The van der Waals surface area contributed by atoms with E-state index >= 15 is 0 Å². The van der Waals surface area contributed by atoms with Crippen molar-refractivity contribution < 1.29 is 0 Å². The van der Waals surface area contributed by atoms with E-state index in [2.05, 4.69) is 15.6 Å². The summed E-state index contributed by atoms with van der Waals surface area (Å²) < 4.78 is 0. The Morgan fingerprint density at radius 1 is 1.42 bits per heavy atom. The minimum Gasteiger partial charge on any atom is -0.311 e.